The largest absolute Gasteiger partial charge is 0.469 e. The van der Waals surface area contributed by atoms with Gasteiger partial charge in [0.2, 0.25) is 0 Å². The van der Waals surface area contributed by atoms with E-state index in [1.165, 1.54) is 7.11 Å². The van der Waals surface area contributed by atoms with E-state index in [9.17, 15) is 4.79 Å². The maximum absolute atomic E-state index is 11.2. The van der Waals surface area contributed by atoms with Crippen LogP contribution in [0.4, 0.5) is 0 Å². The van der Waals surface area contributed by atoms with Crippen LogP contribution in [0.3, 0.4) is 0 Å². The van der Waals surface area contributed by atoms with Crippen LogP contribution in [-0.4, -0.2) is 13.1 Å². The number of carbonyl (C=O) groups is 1. The lowest BCUT2D eigenvalue weighted by atomic mass is 10.0. The van der Waals surface area contributed by atoms with Gasteiger partial charge in [0.1, 0.15) is 0 Å². The van der Waals surface area contributed by atoms with Crippen molar-refractivity contribution in [3.63, 3.8) is 0 Å². The molecule has 70 valence electrons. The zero-order valence-corrected chi connectivity index (χ0v) is 9.17. The fourth-order valence-electron chi connectivity index (χ4n) is 1.06. The Bertz CT molecular complexity index is 292. The van der Waals surface area contributed by atoms with Crippen LogP contribution in [0, 0.1) is 0 Å². The molecule has 0 saturated carbocycles. The number of hydrogen-bond donors (Lipinski definition) is 0. The molecule has 1 aromatic rings. The van der Waals surface area contributed by atoms with Gasteiger partial charge in [0, 0.05) is 4.47 Å². The Balaban J connectivity index is 2.83. The molecule has 0 saturated heterocycles. The van der Waals surface area contributed by atoms with Crippen molar-refractivity contribution in [1.82, 2.24) is 0 Å². The van der Waals surface area contributed by atoms with E-state index in [2.05, 4.69) is 20.7 Å². The summed E-state index contributed by atoms with van der Waals surface area (Å²) in [6.45, 7) is 1.83. The van der Waals surface area contributed by atoms with Crippen molar-refractivity contribution in [3.05, 3.63) is 34.3 Å². The topological polar surface area (TPSA) is 26.3 Å². The first-order valence-electron chi connectivity index (χ1n) is 3.98. The van der Waals surface area contributed by atoms with E-state index in [0.29, 0.717) is 0 Å². The molecule has 0 N–H and O–H groups in total. The number of hydrogen-bond acceptors (Lipinski definition) is 2. The highest BCUT2D eigenvalue weighted by Gasteiger charge is 2.14. The Morgan fingerprint density at radius 1 is 1.38 bits per heavy atom. The van der Waals surface area contributed by atoms with E-state index in [4.69, 9.17) is 0 Å². The minimum atomic E-state index is -0.206. The third kappa shape index (κ3) is 2.56. The Hall–Kier alpha value is -0.830. The summed E-state index contributed by atoms with van der Waals surface area (Å²) < 4.78 is 5.65. The molecule has 0 aliphatic rings. The first-order valence-corrected chi connectivity index (χ1v) is 4.77. The Morgan fingerprint density at radius 3 is 2.38 bits per heavy atom. The summed E-state index contributed by atoms with van der Waals surface area (Å²) in [4.78, 5) is 11.2. The van der Waals surface area contributed by atoms with E-state index in [-0.39, 0.29) is 11.9 Å². The molecule has 0 bridgehead atoms. The zero-order chi connectivity index (χ0) is 9.84. The number of ether oxygens (including phenoxy) is 1. The predicted molar refractivity (Wildman–Crippen MR) is 54.6 cm³/mol. The highest BCUT2D eigenvalue weighted by atomic mass is 79.9. The molecule has 0 aromatic heterocycles. The summed E-state index contributed by atoms with van der Waals surface area (Å²) in [7, 11) is 1.40. The van der Waals surface area contributed by atoms with Crippen LogP contribution in [0.15, 0.2) is 28.7 Å². The van der Waals surface area contributed by atoms with Crippen LogP contribution in [0.5, 0.6) is 0 Å². The molecule has 3 heteroatoms. The van der Waals surface area contributed by atoms with Crippen LogP contribution in [0.1, 0.15) is 18.4 Å². The van der Waals surface area contributed by atoms with Crippen molar-refractivity contribution in [2.45, 2.75) is 12.8 Å². The van der Waals surface area contributed by atoms with Crippen molar-refractivity contribution in [1.29, 1.82) is 0 Å². The minimum absolute atomic E-state index is 0.196. The SMILES string of the molecule is COC(=O)[C@@H](C)c1ccc(Br)cc1. The Morgan fingerprint density at radius 2 is 1.92 bits per heavy atom. The number of halogens is 1. The van der Waals surface area contributed by atoms with Crippen molar-refractivity contribution < 1.29 is 9.53 Å². The third-order valence-corrected chi connectivity index (χ3v) is 2.45. The molecular weight excluding hydrogens is 232 g/mol. The van der Waals surface area contributed by atoms with Crippen molar-refractivity contribution in [2.75, 3.05) is 7.11 Å². The highest BCUT2D eigenvalue weighted by molar-refractivity contribution is 9.10. The van der Waals surface area contributed by atoms with Gasteiger partial charge in [0.25, 0.3) is 0 Å². The molecule has 0 spiro atoms. The van der Waals surface area contributed by atoms with Gasteiger partial charge >= 0.3 is 5.97 Å². The fourth-order valence-corrected chi connectivity index (χ4v) is 1.33. The molecule has 0 heterocycles. The molecule has 0 aliphatic heterocycles. The van der Waals surface area contributed by atoms with Crippen LogP contribution in [0.2, 0.25) is 0 Å². The van der Waals surface area contributed by atoms with Crippen molar-refractivity contribution in [2.24, 2.45) is 0 Å². The second kappa shape index (κ2) is 4.42. The molecule has 0 fully saturated rings. The van der Waals surface area contributed by atoms with E-state index < -0.39 is 0 Å². The molecule has 0 radical (unpaired) electrons. The molecule has 1 rings (SSSR count). The third-order valence-electron chi connectivity index (χ3n) is 1.92. The predicted octanol–water partition coefficient (Wildman–Crippen LogP) is 2.73. The van der Waals surface area contributed by atoms with E-state index in [1.54, 1.807) is 0 Å². The number of esters is 1. The van der Waals surface area contributed by atoms with Gasteiger partial charge in [-0.2, -0.15) is 0 Å². The van der Waals surface area contributed by atoms with Gasteiger partial charge in [-0.1, -0.05) is 28.1 Å². The number of carbonyl (C=O) groups excluding carboxylic acids is 1. The average molecular weight is 243 g/mol. The molecule has 1 aromatic carbocycles. The van der Waals surface area contributed by atoms with Crippen LogP contribution < -0.4 is 0 Å². The summed E-state index contributed by atoms with van der Waals surface area (Å²) >= 11 is 3.33. The van der Waals surface area contributed by atoms with Crippen LogP contribution >= 0.6 is 15.9 Å². The fraction of sp³-hybridized carbons (Fsp3) is 0.300. The maximum atomic E-state index is 11.2. The summed E-state index contributed by atoms with van der Waals surface area (Å²) in [6, 6.07) is 7.64. The molecule has 0 unspecified atom stereocenters. The summed E-state index contributed by atoms with van der Waals surface area (Å²) in [6.07, 6.45) is 0. The molecule has 0 amide bonds. The summed E-state index contributed by atoms with van der Waals surface area (Å²) in [5, 5.41) is 0. The lowest BCUT2D eigenvalue weighted by molar-refractivity contribution is -0.141. The van der Waals surface area contributed by atoms with Gasteiger partial charge in [-0.3, -0.25) is 4.79 Å². The summed E-state index contributed by atoms with van der Waals surface area (Å²) in [5.41, 5.74) is 0.968. The number of methoxy groups -OCH3 is 1. The monoisotopic (exact) mass is 242 g/mol. The second-order valence-corrected chi connectivity index (χ2v) is 3.71. The Labute approximate surface area is 86.0 Å². The standard InChI is InChI=1S/C10H11BrO2/c1-7(10(12)13-2)8-3-5-9(11)6-4-8/h3-7H,1-2H3/t7-/m0/s1. The quantitative estimate of drug-likeness (QED) is 0.746. The lowest BCUT2D eigenvalue weighted by Crippen LogP contribution is -2.10. The summed E-state index contributed by atoms with van der Waals surface area (Å²) in [5.74, 6) is -0.402. The van der Waals surface area contributed by atoms with E-state index >= 15 is 0 Å². The van der Waals surface area contributed by atoms with Gasteiger partial charge < -0.3 is 4.74 Å². The Kier molecular flexibility index (Phi) is 3.48. The van der Waals surface area contributed by atoms with Crippen LogP contribution in [0.25, 0.3) is 0 Å². The average Bonchev–Trinajstić information content (AvgIpc) is 2.17. The highest BCUT2D eigenvalue weighted by Crippen LogP contribution is 2.19. The second-order valence-electron chi connectivity index (χ2n) is 2.80. The first-order chi connectivity index (χ1) is 6.15. The molecule has 0 aliphatic carbocycles. The van der Waals surface area contributed by atoms with Crippen molar-refractivity contribution >= 4 is 21.9 Å². The first kappa shape index (κ1) is 10.3. The molecular formula is C10H11BrO2. The van der Waals surface area contributed by atoms with Crippen LogP contribution in [-0.2, 0) is 9.53 Å². The van der Waals surface area contributed by atoms with Gasteiger partial charge in [-0.05, 0) is 24.6 Å². The lowest BCUT2D eigenvalue weighted by Gasteiger charge is -2.08. The molecule has 1 atom stereocenters. The zero-order valence-electron chi connectivity index (χ0n) is 7.58. The van der Waals surface area contributed by atoms with Gasteiger partial charge in [-0.15, -0.1) is 0 Å². The van der Waals surface area contributed by atoms with Gasteiger partial charge in [-0.25, -0.2) is 0 Å². The molecule has 2 nitrogen and oxygen atoms in total. The van der Waals surface area contributed by atoms with E-state index in [1.807, 2.05) is 31.2 Å². The van der Waals surface area contributed by atoms with Gasteiger partial charge in [0.15, 0.2) is 0 Å². The van der Waals surface area contributed by atoms with Crippen molar-refractivity contribution in [3.8, 4) is 0 Å². The maximum Gasteiger partial charge on any atom is 0.312 e. The smallest absolute Gasteiger partial charge is 0.312 e. The number of rotatable bonds is 2. The van der Waals surface area contributed by atoms with E-state index in [0.717, 1.165) is 10.0 Å². The number of benzene rings is 1. The molecule has 13 heavy (non-hydrogen) atoms. The minimum Gasteiger partial charge on any atom is -0.469 e. The normalized spacial score (nSPS) is 12.2. The van der Waals surface area contributed by atoms with Gasteiger partial charge in [0.05, 0.1) is 13.0 Å².